The van der Waals surface area contributed by atoms with Crippen molar-refractivity contribution in [3.05, 3.63) is 0 Å². The van der Waals surface area contributed by atoms with Gasteiger partial charge in [-0.1, -0.05) is 0 Å². The van der Waals surface area contributed by atoms with Crippen LogP contribution >= 0.6 is 0 Å². The summed E-state index contributed by atoms with van der Waals surface area (Å²) in [6.45, 7) is 11.1. The van der Waals surface area contributed by atoms with Crippen molar-refractivity contribution in [2.45, 2.75) is 32.4 Å². The van der Waals surface area contributed by atoms with Gasteiger partial charge in [0.15, 0.2) is 0 Å². The quantitative estimate of drug-likeness (QED) is 0.620. The molecule has 0 atom stereocenters. The Morgan fingerprint density at radius 3 is 2.14 bits per heavy atom. The fraction of sp³-hybridized carbons (Fsp3) is 0.909. The highest BCUT2D eigenvalue weighted by atomic mass is 15.4. The maximum Gasteiger partial charge on any atom is 0.0717 e. The molecule has 0 radical (unpaired) electrons. The Kier molecular flexibility index (Phi) is 2.29. The predicted octanol–water partition coefficient (Wildman–Crippen LogP) is 0.924. The summed E-state index contributed by atoms with van der Waals surface area (Å²) in [4.78, 5) is 4.94. The molecule has 2 aliphatic rings. The van der Waals surface area contributed by atoms with Crippen molar-refractivity contribution in [2.75, 3.05) is 26.2 Å². The lowest BCUT2D eigenvalue weighted by Crippen LogP contribution is -2.68. The van der Waals surface area contributed by atoms with Gasteiger partial charge in [0, 0.05) is 37.8 Å². The van der Waals surface area contributed by atoms with Gasteiger partial charge in [0.05, 0.1) is 12.0 Å². The number of rotatable bonds is 1. The van der Waals surface area contributed by atoms with Crippen molar-refractivity contribution in [3.8, 4) is 6.07 Å². The van der Waals surface area contributed by atoms with Crippen LogP contribution < -0.4 is 0 Å². The van der Waals surface area contributed by atoms with Gasteiger partial charge in [-0.05, 0) is 20.8 Å². The highest BCUT2D eigenvalue weighted by molar-refractivity contribution is 5.02. The van der Waals surface area contributed by atoms with E-state index in [2.05, 4.69) is 36.6 Å². The van der Waals surface area contributed by atoms with Gasteiger partial charge in [-0.25, -0.2) is 0 Å². The maximum atomic E-state index is 8.67. The largest absolute Gasteiger partial charge is 0.295 e. The lowest BCUT2D eigenvalue weighted by molar-refractivity contribution is -0.0552. The van der Waals surface area contributed by atoms with Gasteiger partial charge in [-0.2, -0.15) is 5.26 Å². The lowest BCUT2D eigenvalue weighted by atomic mass is 9.92. The van der Waals surface area contributed by atoms with Crippen LogP contribution in [0, 0.1) is 17.2 Å². The van der Waals surface area contributed by atoms with Crippen molar-refractivity contribution in [1.29, 1.82) is 5.26 Å². The molecular weight excluding hydrogens is 174 g/mol. The van der Waals surface area contributed by atoms with E-state index in [1.165, 1.54) is 13.1 Å². The zero-order valence-corrected chi connectivity index (χ0v) is 9.32. The van der Waals surface area contributed by atoms with Crippen molar-refractivity contribution in [3.63, 3.8) is 0 Å². The molecule has 0 spiro atoms. The molecule has 0 saturated carbocycles. The summed E-state index contributed by atoms with van der Waals surface area (Å²) in [7, 11) is 0. The fourth-order valence-electron chi connectivity index (χ4n) is 2.13. The number of likely N-dealkylation sites (tertiary alicyclic amines) is 2. The smallest absolute Gasteiger partial charge is 0.0717 e. The highest BCUT2D eigenvalue weighted by Crippen LogP contribution is 2.28. The first-order chi connectivity index (χ1) is 6.50. The van der Waals surface area contributed by atoms with Gasteiger partial charge in [0.2, 0.25) is 0 Å². The van der Waals surface area contributed by atoms with Gasteiger partial charge < -0.3 is 0 Å². The Bertz CT molecular complexity index is 249. The molecule has 3 heteroatoms. The van der Waals surface area contributed by atoms with E-state index in [9.17, 15) is 0 Å². The van der Waals surface area contributed by atoms with E-state index in [0.29, 0.717) is 11.5 Å². The Labute approximate surface area is 86.3 Å². The molecule has 2 heterocycles. The van der Waals surface area contributed by atoms with E-state index in [4.69, 9.17) is 5.26 Å². The highest BCUT2D eigenvalue weighted by Gasteiger charge is 2.41. The average molecular weight is 193 g/mol. The van der Waals surface area contributed by atoms with E-state index in [0.717, 1.165) is 19.1 Å². The third-order valence-electron chi connectivity index (χ3n) is 3.42. The topological polar surface area (TPSA) is 30.3 Å². The van der Waals surface area contributed by atoms with Crippen LogP contribution in [-0.2, 0) is 0 Å². The summed E-state index contributed by atoms with van der Waals surface area (Å²) in [6, 6.07) is 3.04. The molecule has 2 aliphatic heterocycles. The van der Waals surface area contributed by atoms with Crippen LogP contribution in [0.5, 0.6) is 0 Å². The molecule has 0 aromatic heterocycles. The molecule has 2 rings (SSSR count). The van der Waals surface area contributed by atoms with Crippen LogP contribution in [0.25, 0.3) is 0 Å². The van der Waals surface area contributed by atoms with E-state index in [1.54, 1.807) is 0 Å². The average Bonchev–Trinajstić information content (AvgIpc) is 1.87. The van der Waals surface area contributed by atoms with Crippen molar-refractivity contribution < 1.29 is 0 Å². The molecule has 0 N–H and O–H groups in total. The van der Waals surface area contributed by atoms with Crippen LogP contribution in [0.15, 0.2) is 0 Å². The van der Waals surface area contributed by atoms with E-state index in [1.807, 2.05) is 0 Å². The van der Waals surface area contributed by atoms with Gasteiger partial charge in [0.25, 0.3) is 0 Å². The molecule has 2 saturated heterocycles. The molecule has 0 bridgehead atoms. The van der Waals surface area contributed by atoms with Gasteiger partial charge in [-0.15, -0.1) is 0 Å². The molecule has 3 nitrogen and oxygen atoms in total. The summed E-state index contributed by atoms with van der Waals surface area (Å²) in [6.07, 6.45) is 0. The second-order valence-electron chi connectivity index (χ2n) is 5.51. The SMILES string of the molecule is CC(C)(C)N1CC(N2CC(C#N)C2)C1. The Morgan fingerprint density at radius 1 is 1.14 bits per heavy atom. The molecule has 78 valence electrons. The predicted molar refractivity (Wildman–Crippen MR) is 55.8 cm³/mol. The van der Waals surface area contributed by atoms with Gasteiger partial charge in [-0.3, -0.25) is 9.80 Å². The van der Waals surface area contributed by atoms with Gasteiger partial charge >= 0.3 is 0 Å². The second kappa shape index (κ2) is 3.22. The Hall–Kier alpha value is -0.590. The molecular formula is C11H19N3. The summed E-state index contributed by atoms with van der Waals surface area (Å²) < 4.78 is 0. The Morgan fingerprint density at radius 2 is 1.71 bits per heavy atom. The molecule has 0 aromatic rings. The third-order valence-corrected chi connectivity index (χ3v) is 3.42. The molecule has 0 aliphatic carbocycles. The summed E-state index contributed by atoms with van der Waals surface area (Å²) >= 11 is 0. The van der Waals surface area contributed by atoms with Crippen molar-refractivity contribution >= 4 is 0 Å². The standard InChI is InChI=1S/C11H19N3/c1-11(2,3)14-7-10(8-14)13-5-9(4-12)6-13/h9-10H,5-8H2,1-3H3. The minimum atomic E-state index is 0.304. The molecule has 0 unspecified atom stereocenters. The van der Waals surface area contributed by atoms with Gasteiger partial charge in [0.1, 0.15) is 0 Å². The van der Waals surface area contributed by atoms with E-state index >= 15 is 0 Å². The molecule has 0 aromatic carbocycles. The maximum absolute atomic E-state index is 8.67. The fourth-order valence-corrected chi connectivity index (χ4v) is 2.13. The van der Waals surface area contributed by atoms with Crippen LogP contribution in [0.4, 0.5) is 0 Å². The number of hydrogen-bond acceptors (Lipinski definition) is 3. The normalized spacial score (nSPS) is 26.7. The minimum absolute atomic E-state index is 0.304. The summed E-state index contributed by atoms with van der Waals surface area (Å²) in [5, 5.41) is 8.67. The molecule has 2 fully saturated rings. The van der Waals surface area contributed by atoms with Crippen LogP contribution in [0.3, 0.4) is 0 Å². The molecule has 0 amide bonds. The summed E-state index contributed by atoms with van der Waals surface area (Å²) in [5.41, 5.74) is 0.315. The lowest BCUT2D eigenvalue weighted by Gasteiger charge is -2.54. The van der Waals surface area contributed by atoms with E-state index < -0.39 is 0 Å². The van der Waals surface area contributed by atoms with Crippen LogP contribution in [0.1, 0.15) is 20.8 Å². The monoisotopic (exact) mass is 193 g/mol. The second-order valence-corrected chi connectivity index (χ2v) is 5.51. The first kappa shape index (κ1) is 9.95. The Balaban J connectivity index is 1.73. The third kappa shape index (κ3) is 1.65. The number of hydrogen-bond donors (Lipinski definition) is 0. The minimum Gasteiger partial charge on any atom is -0.295 e. The van der Waals surface area contributed by atoms with Crippen LogP contribution in [-0.4, -0.2) is 47.6 Å². The number of nitriles is 1. The zero-order valence-electron chi connectivity index (χ0n) is 9.32. The summed E-state index contributed by atoms with van der Waals surface area (Å²) in [5.74, 6) is 0.304. The zero-order chi connectivity index (χ0) is 10.3. The van der Waals surface area contributed by atoms with Crippen molar-refractivity contribution in [1.82, 2.24) is 9.80 Å². The van der Waals surface area contributed by atoms with Crippen molar-refractivity contribution in [2.24, 2.45) is 5.92 Å². The first-order valence-corrected chi connectivity index (χ1v) is 5.39. The van der Waals surface area contributed by atoms with E-state index in [-0.39, 0.29) is 0 Å². The number of nitrogens with zero attached hydrogens (tertiary/aromatic N) is 3. The first-order valence-electron chi connectivity index (χ1n) is 5.39. The van der Waals surface area contributed by atoms with Crippen LogP contribution in [0.2, 0.25) is 0 Å². The molecule has 14 heavy (non-hydrogen) atoms.